The third-order valence-electron chi connectivity index (χ3n) is 7.97. The van der Waals surface area contributed by atoms with Crippen molar-refractivity contribution in [2.75, 3.05) is 0 Å². The molecule has 0 atom stereocenters. The van der Waals surface area contributed by atoms with Crippen molar-refractivity contribution in [3.05, 3.63) is 133 Å². The summed E-state index contributed by atoms with van der Waals surface area (Å²) < 4.78 is 8.85. The largest absolute Gasteiger partial charge is 0.436 e. The summed E-state index contributed by atoms with van der Waals surface area (Å²) in [6.45, 7) is 0. The number of nitrogens with zero attached hydrogens (tertiary/aromatic N) is 4. The molecule has 9 aromatic rings. The Morgan fingerprint density at radius 1 is 0.477 bits per heavy atom. The van der Waals surface area contributed by atoms with Crippen LogP contribution in [0.1, 0.15) is 0 Å². The highest BCUT2D eigenvalue weighted by Crippen LogP contribution is 2.41. The van der Waals surface area contributed by atoms with Gasteiger partial charge in [-0.1, -0.05) is 109 Å². The molecular weight excluding hydrogens is 561 g/mol. The molecule has 0 saturated carbocycles. The van der Waals surface area contributed by atoms with Crippen LogP contribution in [0.2, 0.25) is 0 Å². The standard InChI is InChI=1S/C38H22N4OS/c1-3-10-24(11-4-1)35-40-36(25-12-5-2-6-13-25)42-37(41-35)26-19-18-23-20-21-31-33(30(23)22-26)39-38(43-31)29-16-9-15-28-27-14-7-8-17-32(27)44-34(28)29/h1-22H. The minimum atomic E-state index is 0.607. The summed E-state index contributed by atoms with van der Waals surface area (Å²) in [6, 6.07) is 45.2. The number of hydrogen-bond acceptors (Lipinski definition) is 6. The first-order valence-corrected chi connectivity index (χ1v) is 15.2. The Morgan fingerprint density at radius 2 is 1.11 bits per heavy atom. The molecule has 0 unspecified atom stereocenters. The normalized spacial score (nSPS) is 11.6. The Labute approximate surface area is 256 Å². The van der Waals surface area contributed by atoms with Crippen LogP contribution in [0.15, 0.2) is 138 Å². The fraction of sp³-hybridized carbons (Fsp3) is 0. The van der Waals surface area contributed by atoms with E-state index in [4.69, 9.17) is 24.4 Å². The smallest absolute Gasteiger partial charge is 0.228 e. The third-order valence-corrected chi connectivity index (χ3v) is 9.19. The van der Waals surface area contributed by atoms with Crippen LogP contribution in [-0.4, -0.2) is 19.9 Å². The summed E-state index contributed by atoms with van der Waals surface area (Å²) in [4.78, 5) is 19.8. The molecule has 0 bridgehead atoms. The summed E-state index contributed by atoms with van der Waals surface area (Å²) in [5.41, 5.74) is 5.33. The zero-order valence-electron chi connectivity index (χ0n) is 23.3. The van der Waals surface area contributed by atoms with Gasteiger partial charge in [-0.05, 0) is 29.7 Å². The maximum atomic E-state index is 6.42. The summed E-state index contributed by atoms with van der Waals surface area (Å²) in [5, 5.41) is 4.53. The van der Waals surface area contributed by atoms with Gasteiger partial charge in [0.2, 0.25) is 5.89 Å². The highest BCUT2D eigenvalue weighted by Gasteiger charge is 2.18. The van der Waals surface area contributed by atoms with Gasteiger partial charge in [-0.25, -0.2) is 19.9 Å². The highest BCUT2D eigenvalue weighted by atomic mass is 32.1. The molecule has 0 N–H and O–H groups in total. The van der Waals surface area contributed by atoms with E-state index in [1.165, 1.54) is 20.2 Å². The number of thiophene rings is 1. The van der Waals surface area contributed by atoms with E-state index in [2.05, 4.69) is 66.7 Å². The van der Waals surface area contributed by atoms with E-state index in [9.17, 15) is 0 Å². The second kappa shape index (κ2) is 9.93. The van der Waals surface area contributed by atoms with Gasteiger partial charge in [-0.15, -0.1) is 11.3 Å². The van der Waals surface area contributed by atoms with Crippen LogP contribution in [0.4, 0.5) is 0 Å². The molecule has 0 radical (unpaired) electrons. The van der Waals surface area contributed by atoms with Crippen LogP contribution in [0.25, 0.3) is 87.7 Å². The van der Waals surface area contributed by atoms with Crippen LogP contribution in [0, 0.1) is 0 Å². The molecule has 0 aliphatic carbocycles. The number of aromatic nitrogens is 4. The topological polar surface area (TPSA) is 64.7 Å². The van der Waals surface area contributed by atoms with Crippen molar-refractivity contribution in [2.45, 2.75) is 0 Å². The van der Waals surface area contributed by atoms with Crippen LogP contribution in [-0.2, 0) is 0 Å². The first-order valence-electron chi connectivity index (χ1n) is 14.4. The van der Waals surface area contributed by atoms with E-state index in [0.29, 0.717) is 23.4 Å². The molecule has 3 aromatic heterocycles. The first kappa shape index (κ1) is 24.8. The van der Waals surface area contributed by atoms with E-state index in [0.717, 1.165) is 44.1 Å². The van der Waals surface area contributed by atoms with Crippen LogP contribution >= 0.6 is 11.3 Å². The van der Waals surface area contributed by atoms with Gasteiger partial charge in [0.1, 0.15) is 5.52 Å². The van der Waals surface area contributed by atoms with E-state index >= 15 is 0 Å². The summed E-state index contributed by atoms with van der Waals surface area (Å²) in [7, 11) is 0. The van der Waals surface area contributed by atoms with Crippen LogP contribution < -0.4 is 0 Å². The molecule has 0 fully saturated rings. The van der Waals surface area contributed by atoms with Crippen molar-refractivity contribution < 1.29 is 4.42 Å². The Balaban J connectivity index is 1.22. The fourth-order valence-corrected chi connectivity index (χ4v) is 7.03. The molecule has 0 amide bonds. The molecule has 3 heterocycles. The number of fused-ring (bicyclic) bond motifs is 6. The quantitative estimate of drug-likeness (QED) is 0.207. The molecule has 0 aliphatic heterocycles. The van der Waals surface area contributed by atoms with Crippen molar-refractivity contribution in [1.82, 2.24) is 19.9 Å². The van der Waals surface area contributed by atoms with Gasteiger partial charge in [0, 0.05) is 42.2 Å². The zero-order valence-corrected chi connectivity index (χ0v) is 24.1. The monoisotopic (exact) mass is 582 g/mol. The molecule has 206 valence electrons. The molecule has 9 rings (SSSR count). The molecule has 44 heavy (non-hydrogen) atoms. The molecule has 6 heteroatoms. The minimum absolute atomic E-state index is 0.607. The maximum Gasteiger partial charge on any atom is 0.228 e. The average molecular weight is 583 g/mol. The summed E-state index contributed by atoms with van der Waals surface area (Å²) in [5.74, 6) is 2.49. The van der Waals surface area contributed by atoms with Gasteiger partial charge < -0.3 is 4.42 Å². The Kier molecular flexibility index (Phi) is 5.61. The first-order chi connectivity index (χ1) is 21.8. The van der Waals surface area contributed by atoms with Crippen LogP contribution in [0.5, 0.6) is 0 Å². The molecule has 6 aromatic carbocycles. The van der Waals surface area contributed by atoms with Crippen molar-refractivity contribution in [1.29, 1.82) is 0 Å². The summed E-state index contributed by atoms with van der Waals surface area (Å²) in [6.07, 6.45) is 0. The zero-order chi connectivity index (χ0) is 29.0. The second-order valence-electron chi connectivity index (χ2n) is 10.7. The predicted molar refractivity (Wildman–Crippen MR) is 180 cm³/mol. The van der Waals surface area contributed by atoms with Crippen molar-refractivity contribution in [2.24, 2.45) is 0 Å². The van der Waals surface area contributed by atoms with Crippen molar-refractivity contribution in [3.8, 4) is 45.6 Å². The fourth-order valence-electron chi connectivity index (χ4n) is 5.82. The second-order valence-corrected chi connectivity index (χ2v) is 11.7. The number of rotatable bonds is 4. The van der Waals surface area contributed by atoms with Gasteiger partial charge >= 0.3 is 0 Å². The molecule has 0 saturated heterocycles. The average Bonchev–Trinajstić information content (AvgIpc) is 3.71. The Bertz CT molecular complexity index is 2440. The number of benzene rings is 6. The van der Waals surface area contributed by atoms with E-state index in [1.807, 2.05) is 66.7 Å². The van der Waals surface area contributed by atoms with Gasteiger partial charge in [0.05, 0.1) is 5.56 Å². The van der Waals surface area contributed by atoms with Gasteiger partial charge in [-0.2, -0.15) is 0 Å². The SMILES string of the molecule is c1ccc(-c2nc(-c3ccccc3)nc(-c3ccc4ccc5oc(-c6cccc7c6sc6ccccc67)nc5c4c3)n2)cc1. The lowest BCUT2D eigenvalue weighted by Crippen LogP contribution is -2.00. The van der Waals surface area contributed by atoms with E-state index < -0.39 is 0 Å². The molecular formula is C38H22N4OS. The Hall–Kier alpha value is -5.72. The third kappa shape index (κ3) is 4.07. The van der Waals surface area contributed by atoms with Crippen molar-refractivity contribution in [3.63, 3.8) is 0 Å². The lowest BCUT2D eigenvalue weighted by Gasteiger charge is -2.09. The molecule has 0 aliphatic rings. The lowest BCUT2D eigenvalue weighted by molar-refractivity contribution is 0.621. The van der Waals surface area contributed by atoms with Crippen LogP contribution in [0.3, 0.4) is 0 Å². The minimum Gasteiger partial charge on any atom is -0.436 e. The predicted octanol–water partition coefficient (Wildman–Crippen LogP) is 10.2. The van der Waals surface area contributed by atoms with Gasteiger partial charge in [0.25, 0.3) is 0 Å². The number of hydrogen-bond donors (Lipinski definition) is 0. The lowest BCUT2D eigenvalue weighted by atomic mass is 10.0. The Morgan fingerprint density at radius 3 is 1.86 bits per heavy atom. The summed E-state index contributed by atoms with van der Waals surface area (Å²) >= 11 is 1.77. The van der Waals surface area contributed by atoms with Gasteiger partial charge in [0.15, 0.2) is 23.1 Å². The van der Waals surface area contributed by atoms with Crippen molar-refractivity contribution >= 4 is 53.4 Å². The molecule has 0 spiro atoms. The molecule has 5 nitrogen and oxygen atoms in total. The van der Waals surface area contributed by atoms with E-state index in [1.54, 1.807) is 11.3 Å². The maximum absolute atomic E-state index is 6.42. The number of oxazole rings is 1. The van der Waals surface area contributed by atoms with Gasteiger partial charge in [-0.3, -0.25) is 0 Å². The highest BCUT2D eigenvalue weighted by molar-refractivity contribution is 7.26. The van der Waals surface area contributed by atoms with E-state index in [-0.39, 0.29) is 0 Å².